The Bertz CT molecular complexity index is 1280. The molecule has 6 nitrogen and oxygen atoms in total. The van der Waals surface area contributed by atoms with Gasteiger partial charge in [0, 0.05) is 19.3 Å². The Labute approximate surface area is 460 Å². The van der Waals surface area contributed by atoms with Gasteiger partial charge in [-0.25, -0.2) is 0 Å². The van der Waals surface area contributed by atoms with Crippen molar-refractivity contribution in [2.75, 3.05) is 13.2 Å². The van der Waals surface area contributed by atoms with E-state index in [-0.39, 0.29) is 31.1 Å². The fourth-order valence-corrected chi connectivity index (χ4v) is 9.62. The van der Waals surface area contributed by atoms with E-state index in [0.717, 1.165) is 70.6 Å². The van der Waals surface area contributed by atoms with Gasteiger partial charge in [-0.05, 0) is 83.5 Å². The predicted molar refractivity (Wildman–Crippen MR) is 321 cm³/mol. The zero-order valence-corrected chi connectivity index (χ0v) is 49.6. The van der Waals surface area contributed by atoms with Crippen LogP contribution in [0.2, 0.25) is 0 Å². The van der Waals surface area contributed by atoms with E-state index in [1.165, 1.54) is 238 Å². The van der Waals surface area contributed by atoms with Crippen LogP contribution in [-0.2, 0) is 28.6 Å². The maximum absolute atomic E-state index is 12.9. The van der Waals surface area contributed by atoms with Gasteiger partial charge in [0.25, 0.3) is 0 Å². The van der Waals surface area contributed by atoms with Gasteiger partial charge in [0.05, 0.1) is 0 Å². The molecule has 0 saturated heterocycles. The molecule has 0 aromatic rings. The first-order chi connectivity index (χ1) is 36.5. The summed E-state index contributed by atoms with van der Waals surface area (Å²) in [4.78, 5) is 38.2. The van der Waals surface area contributed by atoms with Crippen LogP contribution in [0.4, 0.5) is 0 Å². The normalized spacial score (nSPS) is 12.3. The highest BCUT2D eigenvalue weighted by atomic mass is 16.6. The number of esters is 3. The Morgan fingerprint density at radius 3 is 0.770 bits per heavy atom. The molecular weight excluding hydrogens is 913 g/mol. The zero-order valence-electron chi connectivity index (χ0n) is 49.6. The van der Waals surface area contributed by atoms with Gasteiger partial charge < -0.3 is 14.2 Å². The van der Waals surface area contributed by atoms with Gasteiger partial charge in [-0.2, -0.15) is 0 Å². The van der Waals surface area contributed by atoms with Crippen molar-refractivity contribution in [2.45, 2.75) is 354 Å². The van der Waals surface area contributed by atoms with Crippen LogP contribution in [0.15, 0.2) is 48.6 Å². The molecule has 6 heteroatoms. The van der Waals surface area contributed by atoms with Crippen LogP contribution in [0.3, 0.4) is 0 Å². The number of carbonyl (C=O) groups excluding carboxylic acids is 3. The van der Waals surface area contributed by atoms with E-state index in [4.69, 9.17) is 14.2 Å². The molecule has 0 bridgehead atoms. The lowest BCUT2D eigenvalue weighted by Crippen LogP contribution is -2.30. The first kappa shape index (κ1) is 71.4. The summed E-state index contributed by atoms with van der Waals surface area (Å²) in [6, 6.07) is 0. The molecule has 0 spiro atoms. The molecule has 0 saturated carbocycles. The summed E-state index contributed by atoms with van der Waals surface area (Å²) in [5, 5.41) is 0. The lowest BCUT2D eigenvalue weighted by Gasteiger charge is -2.18. The number of allylic oxidation sites excluding steroid dienone is 8. The van der Waals surface area contributed by atoms with Crippen molar-refractivity contribution in [3.63, 3.8) is 0 Å². The van der Waals surface area contributed by atoms with E-state index in [2.05, 4.69) is 69.4 Å². The molecule has 0 aliphatic heterocycles. The van der Waals surface area contributed by atoms with Crippen LogP contribution >= 0.6 is 0 Å². The minimum absolute atomic E-state index is 0.0710. The summed E-state index contributed by atoms with van der Waals surface area (Å²) in [7, 11) is 0. The van der Waals surface area contributed by atoms with Crippen LogP contribution in [0.5, 0.6) is 0 Å². The topological polar surface area (TPSA) is 78.9 Å². The molecule has 0 aromatic carbocycles. The fourth-order valence-electron chi connectivity index (χ4n) is 9.62. The highest BCUT2D eigenvalue weighted by Gasteiger charge is 2.19. The van der Waals surface area contributed by atoms with Crippen LogP contribution in [0.25, 0.3) is 0 Å². The average Bonchev–Trinajstić information content (AvgIpc) is 3.40. The second-order valence-electron chi connectivity index (χ2n) is 22.0. The van der Waals surface area contributed by atoms with Gasteiger partial charge in [-0.1, -0.05) is 294 Å². The maximum Gasteiger partial charge on any atom is 0.306 e. The van der Waals surface area contributed by atoms with Gasteiger partial charge >= 0.3 is 17.9 Å². The predicted octanol–water partition coefficient (Wildman–Crippen LogP) is 22.2. The van der Waals surface area contributed by atoms with Crippen molar-refractivity contribution in [3.8, 4) is 0 Å². The smallest absolute Gasteiger partial charge is 0.306 e. The van der Waals surface area contributed by atoms with Gasteiger partial charge in [-0.15, -0.1) is 0 Å². The Hall–Kier alpha value is -2.63. The highest BCUT2D eigenvalue weighted by Crippen LogP contribution is 2.17. The van der Waals surface area contributed by atoms with Crippen molar-refractivity contribution >= 4 is 17.9 Å². The Morgan fingerprint density at radius 2 is 0.486 bits per heavy atom. The third-order valence-corrected chi connectivity index (χ3v) is 14.6. The van der Waals surface area contributed by atoms with E-state index in [1.807, 2.05) is 0 Å². The molecular formula is C68H124O6. The van der Waals surface area contributed by atoms with Gasteiger partial charge in [0.15, 0.2) is 6.10 Å². The number of rotatable bonds is 60. The number of hydrogen-bond acceptors (Lipinski definition) is 6. The molecule has 0 fully saturated rings. The Balaban J connectivity index is 4.13. The fraction of sp³-hybridized carbons (Fsp3) is 0.838. The van der Waals surface area contributed by atoms with E-state index in [9.17, 15) is 14.4 Å². The van der Waals surface area contributed by atoms with Gasteiger partial charge in [-0.3, -0.25) is 14.4 Å². The van der Waals surface area contributed by atoms with E-state index in [1.54, 1.807) is 0 Å². The van der Waals surface area contributed by atoms with Crippen LogP contribution < -0.4 is 0 Å². The average molecular weight is 1040 g/mol. The summed E-state index contributed by atoms with van der Waals surface area (Å²) >= 11 is 0. The van der Waals surface area contributed by atoms with Gasteiger partial charge in [0.2, 0.25) is 0 Å². The number of carbonyl (C=O) groups is 3. The van der Waals surface area contributed by atoms with Crippen molar-refractivity contribution < 1.29 is 28.6 Å². The minimum atomic E-state index is -0.772. The SMILES string of the molecule is CCCCCCC/C=C\C/C=C\C/C=C\CCCCCCCCCCCCCCCCC(=O)OCC(COC(=O)CCCCCCCCCCC)OC(=O)CCCCCCCCC/C=C\CCCCCCCCC. The molecule has 0 heterocycles. The number of hydrogen-bond donors (Lipinski definition) is 0. The third-order valence-electron chi connectivity index (χ3n) is 14.6. The Morgan fingerprint density at radius 1 is 0.270 bits per heavy atom. The standard InChI is InChI=1S/C68H124O6/c1-4-7-10-13-16-19-21-23-25-27-29-30-31-32-33-34-35-36-37-38-39-41-42-44-46-49-52-55-58-61-67(70)73-64-65(63-72-66(69)60-57-54-51-48-18-15-12-9-6-3)74-68(71)62-59-56-53-50-47-45-43-40-28-26-24-22-20-17-14-11-8-5-2/h21,23,26-29,31-32,65H,4-20,22,24-25,30,33-64H2,1-3H3/b23-21-,28-26-,29-27-,32-31-. The molecule has 0 rings (SSSR count). The quantitative estimate of drug-likeness (QED) is 0.0261. The first-order valence-corrected chi connectivity index (χ1v) is 32.6. The molecule has 1 atom stereocenters. The van der Waals surface area contributed by atoms with Crippen molar-refractivity contribution in [2.24, 2.45) is 0 Å². The summed E-state index contributed by atoms with van der Waals surface area (Å²) in [5.41, 5.74) is 0. The molecule has 0 N–H and O–H groups in total. The lowest BCUT2D eigenvalue weighted by atomic mass is 10.0. The zero-order chi connectivity index (χ0) is 53.6. The first-order valence-electron chi connectivity index (χ1n) is 32.6. The van der Waals surface area contributed by atoms with Crippen molar-refractivity contribution in [1.82, 2.24) is 0 Å². The van der Waals surface area contributed by atoms with Gasteiger partial charge in [0.1, 0.15) is 13.2 Å². The number of ether oxygens (including phenoxy) is 3. The summed E-state index contributed by atoms with van der Waals surface area (Å²) in [6.07, 6.45) is 78.5. The summed E-state index contributed by atoms with van der Waals surface area (Å²) < 4.78 is 16.9. The molecule has 74 heavy (non-hydrogen) atoms. The monoisotopic (exact) mass is 1040 g/mol. The van der Waals surface area contributed by atoms with Crippen molar-refractivity contribution in [1.29, 1.82) is 0 Å². The summed E-state index contributed by atoms with van der Waals surface area (Å²) in [5.74, 6) is -0.860. The number of unbranched alkanes of at least 4 members (excludes halogenated alkanes) is 41. The van der Waals surface area contributed by atoms with E-state index < -0.39 is 6.10 Å². The third kappa shape index (κ3) is 60.2. The molecule has 0 aliphatic rings. The van der Waals surface area contributed by atoms with Crippen molar-refractivity contribution in [3.05, 3.63) is 48.6 Å². The largest absolute Gasteiger partial charge is 0.462 e. The highest BCUT2D eigenvalue weighted by molar-refractivity contribution is 5.71. The minimum Gasteiger partial charge on any atom is -0.462 e. The maximum atomic E-state index is 12.9. The van der Waals surface area contributed by atoms with Crippen LogP contribution in [0, 0.1) is 0 Å². The second kappa shape index (κ2) is 62.9. The molecule has 0 aliphatic carbocycles. The Kier molecular flexibility index (Phi) is 60.7. The van der Waals surface area contributed by atoms with Crippen LogP contribution in [-0.4, -0.2) is 37.2 Å². The molecule has 0 aromatic heterocycles. The van der Waals surface area contributed by atoms with E-state index >= 15 is 0 Å². The lowest BCUT2D eigenvalue weighted by molar-refractivity contribution is -0.167. The second-order valence-corrected chi connectivity index (χ2v) is 22.0. The van der Waals surface area contributed by atoms with E-state index in [0.29, 0.717) is 19.3 Å². The summed E-state index contributed by atoms with van der Waals surface area (Å²) in [6.45, 7) is 6.65. The molecule has 0 radical (unpaired) electrons. The molecule has 1 unspecified atom stereocenters. The molecule has 432 valence electrons. The van der Waals surface area contributed by atoms with Crippen LogP contribution in [0.1, 0.15) is 348 Å². The molecule has 0 amide bonds.